The minimum absolute atomic E-state index is 0.199. The van der Waals surface area contributed by atoms with Crippen LogP contribution in [0, 0.1) is 0 Å². The first-order valence-electron chi connectivity index (χ1n) is 6.90. The molecule has 1 fully saturated rings. The molecule has 5 heteroatoms. The Morgan fingerprint density at radius 3 is 2.71 bits per heavy atom. The summed E-state index contributed by atoms with van der Waals surface area (Å²) in [6, 6.07) is 9.73. The molecule has 108 valence electrons. The first kappa shape index (κ1) is 13.5. The molecule has 21 heavy (non-hydrogen) atoms. The van der Waals surface area contributed by atoms with E-state index in [1.165, 1.54) is 7.11 Å². The van der Waals surface area contributed by atoms with Crippen LogP contribution in [-0.2, 0) is 11.3 Å². The van der Waals surface area contributed by atoms with Crippen molar-refractivity contribution in [2.24, 2.45) is 0 Å². The first-order valence-corrected chi connectivity index (χ1v) is 6.90. The van der Waals surface area contributed by atoms with Gasteiger partial charge in [0.15, 0.2) is 11.4 Å². The second-order valence-electron chi connectivity index (χ2n) is 4.98. The molecule has 2 aromatic rings. The van der Waals surface area contributed by atoms with Crippen LogP contribution in [0.4, 0.5) is 0 Å². The Kier molecular flexibility index (Phi) is 3.81. The Balaban J connectivity index is 1.81. The second kappa shape index (κ2) is 5.91. The van der Waals surface area contributed by atoms with Gasteiger partial charge in [0.25, 0.3) is 0 Å². The van der Waals surface area contributed by atoms with Gasteiger partial charge >= 0.3 is 5.97 Å². The number of carbonyl (C=O) groups excluding carboxylic acids is 1. The summed E-state index contributed by atoms with van der Waals surface area (Å²) in [5, 5.41) is 0. The number of hydrogen-bond donors (Lipinski definition) is 0. The quantitative estimate of drug-likeness (QED) is 0.790. The molecule has 0 N–H and O–H groups in total. The molecule has 0 atom stereocenters. The van der Waals surface area contributed by atoms with Crippen molar-refractivity contribution in [3.63, 3.8) is 0 Å². The van der Waals surface area contributed by atoms with E-state index in [4.69, 9.17) is 9.47 Å². The van der Waals surface area contributed by atoms with Crippen LogP contribution in [0.5, 0.6) is 5.75 Å². The highest BCUT2D eigenvalue weighted by atomic mass is 16.5. The van der Waals surface area contributed by atoms with Gasteiger partial charge in [-0.3, -0.25) is 0 Å². The van der Waals surface area contributed by atoms with Crippen molar-refractivity contribution in [2.45, 2.75) is 25.4 Å². The smallest absolute Gasteiger partial charge is 0.360 e. The maximum absolute atomic E-state index is 11.8. The fraction of sp³-hybridized carbons (Fsp3) is 0.312. The van der Waals surface area contributed by atoms with Crippen LogP contribution in [0.15, 0.2) is 36.5 Å². The highest BCUT2D eigenvalue weighted by molar-refractivity contribution is 5.90. The summed E-state index contributed by atoms with van der Waals surface area (Å²) in [5.74, 6) is 0.927. The zero-order valence-corrected chi connectivity index (χ0v) is 11.8. The van der Waals surface area contributed by atoms with Gasteiger partial charge in [-0.15, -0.1) is 0 Å². The van der Waals surface area contributed by atoms with E-state index in [9.17, 15) is 4.79 Å². The standard InChI is InChI=1S/C16H16N2O3/c1-20-16(19)14-13(9-17-15(18-14)12-7-8-12)21-10-11-5-3-2-4-6-11/h2-6,9,12H,7-8,10H2,1H3. The molecule has 0 saturated heterocycles. The summed E-state index contributed by atoms with van der Waals surface area (Å²) in [6.07, 6.45) is 3.71. The van der Waals surface area contributed by atoms with Gasteiger partial charge in [-0.25, -0.2) is 14.8 Å². The van der Waals surface area contributed by atoms with E-state index in [0.29, 0.717) is 24.1 Å². The monoisotopic (exact) mass is 284 g/mol. The zero-order chi connectivity index (χ0) is 14.7. The molecule has 1 aromatic carbocycles. The highest BCUT2D eigenvalue weighted by Crippen LogP contribution is 2.38. The molecular formula is C16H16N2O3. The third-order valence-electron chi connectivity index (χ3n) is 3.33. The Labute approximate surface area is 123 Å². The molecule has 0 aliphatic heterocycles. The minimum atomic E-state index is -0.498. The SMILES string of the molecule is COC(=O)c1nc(C2CC2)ncc1OCc1ccccc1. The number of aromatic nitrogens is 2. The van der Waals surface area contributed by atoms with Gasteiger partial charge in [0.1, 0.15) is 12.4 Å². The maximum atomic E-state index is 11.8. The van der Waals surface area contributed by atoms with Crippen molar-refractivity contribution in [3.05, 3.63) is 53.6 Å². The van der Waals surface area contributed by atoms with Gasteiger partial charge < -0.3 is 9.47 Å². The number of benzene rings is 1. The van der Waals surface area contributed by atoms with Crippen molar-refractivity contribution < 1.29 is 14.3 Å². The molecular weight excluding hydrogens is 268 g/mol. The molecule has 0 unspecified atom stereocenters. The molecule has 1 heterocycles. The Bertz CT molecular complexity index is 639. The Morgan fingerprint density at radius 1 is 1.29 bits per heavy atom. The predicted molar refractivity (Wildman–Crippen MR) is 76.1 cm³/mol. The summed E-state index contributed by atoms with van der Waals surface area (Å²) in [4.78, 5) is 20.4. The lowest BCUT2D eigenvalue weighted by atomic mass is 10.2. The Hall–Kier alpha value is -2.43. The highest BCUT2D eigenvalue weighted by Gasteiger charge is 2.28. The molecule has 1 aromatic heterocycles. The lowest BCUT2D eigenvalue weighted by Crippen LogP contribution is -2.11. The summed E-state index contributed by atoms with van der Waals surface area (Å²) < 4.78 is 10.5. The largest absolute Gasteiger partial charge is 0.485 e. The predicted octanol–water partition coefficient (Wildman–Crippen LogP) is 2.72. The number of hydrogen-bond acceptors (Lipinski definition) is 5. The average molecular weight is 284 g/mol. The number of carbonyl (C=O) groups is 1. The number of esters is 1. The van der Waals surface area contributed by atoms with Crippen LogP contribution in [0.2, 0.25) is 0 Å². The molecule has 1 aliphatic carbocycles. The lowest BCUT2D eigenvalue weighted by Gasteiger charge is -2.10. The van der Waals surface area contributed by atoms with Crippen molar-refractivity contribution in [1.29, 1.82) is 0 Å². The molecule has 5 nitrogen and oxygen atoms in total. The van der Waals surface area contributed by atoms with E-state index in [0.717, 1.165) is 18.4 Å². The van der Waals surface area contributed by atoms with Crippen LogP contribution >= 0.6 is 0 Å². The van der Waals surface area contributed by atoms with Crippen LogP contribution in [0.1, 0.15) is 40.6 Å². The Morgan fingerprint density at radius 2 is 2.05 bits per heavy atom. The van der Waals surface area contributed by atoms with Crippen LogP contribution < -0.4 is 4.74 Å². The third-order valence-corrected chi connectivity index (χ3v) is 3.33. The van der Waals surface area contributed by atoms with Crippen LogP contribution in [0.25, 0.3) is 0 Å². The molecule has 0 bridgehead atoms. The lowest BCUT2D eigenvalue weighted by molar-refractivity contribution is 0.0587. The summed E-state index contributed by atoms with van der Waals surface area (Å²) in [7, 11) is 1.34. The van der Waals surface area contributed by atoms with Crippen molar-refractivity contribution in [1.82, 2.24) is 9.97 Å². The number of methoxy groups -OCH3 is 1. The van der Waals surface area contributed by atoms with E-state index in [1.54, 1.807) is 6.20 Å². The van der Waals surface area contributed by atoms with E-state index in [-0.39, 0.29) is 5.69 Å². The minimum Gasteiger partial charge on any atom is -0.485 e. The third kappa shape index (κ3) is 3.18. The molecule has 1 saturated carbocycles. The maximum Gasteiger partial charge on any atom is 0.360 e. The van der Waals surface area contributed by atoms with Crippen LogP contribution in [-0.4, -0.2) is 23.0 Å². The average Bonchev–Trinajstić information content (AvgIpc) is 3.38. The van der Waals surface area contributed by atoms with Gasteiger partial charge in [-0.05, 0) is 18.4 Å². The molecule has 3 rings (SSSR count). The van der Waals surface area contributed by atoms with Gasteiger partial charge in [-0.1, -0.05) is 30.3 Å². The van der Waals surface area contributed by atoms with Gasteiger partial charge in [-0.2, -0.15) is 0 Å². The van der Waals surface area contributed by atoms with E-state index in [1.807, 2.05) is 30.3 Å². The topological polar surface area (TPSA) is 61.3 Å². The number of rotatable bonds is 5. The van der Waals surface area contributed by atoms with E-state index < -0.39 is 5.97 Å². The second-order valence-corrected chi connectivity index (χ2v) is 4.98. The summed E-state index contributed by atoms with van der Waals surface area (Å²) in [6.45, 7) is 0.358. The fourth-order valence-corrected chi connectivity index (χ4v) is 2.01. The fourth-order valence-electron chi connectivity index (χ4n) is 2.01. The van der Waals surface area contributed by atoms with E-state index in [2.05, 4.69) is 9.97 Å². The zero-order valence-electron chi connectivity index (χ0n) is 11.8. The normalized spacial score (nSPS) is 13.8. The molecule has 1 aliphatic rings. The number of ether oxygens (including phenoxy) is 2. The molecule has 0 radical (unpaired) electrons. The van der Waals surface area contributed by atoms with Gasteiger partial charge in [0, 0.05) is 5.92 Å². The molecule has 0 spiro atoms. The van der Waals surface area contributed by atoms with Crippen molar-refractivity contribution in [2.75, 3.05) is 7.11 Å². The molecule has 0 amide bonds. The summed E-state index contributed by atoms with van der Waals surface area (Å²) in [5.41, 5.74) is 1.21. The van der Waals surface area contributed by atoms with E-state index >= 15 is 0 Å². The summed E-state index contributed by atoms with van der Waals surface area (Å²) >= 11 is 0. The van der Waals surface area contributed by atoms with Gasteiger partial charge in [0.05, 0.1) is 13.3 Å². The van der Waals surface area contributed by atoms with Gasteiger partial charge in [0.2, 0.25) is 0 Å². The van der Waals surface area contributed by atoms with Crippen molar-refractivity contribution >= 4 is 5.97 Å². The first-order chi connectivity index (χ1) is 10.3. The van der Waals surface area contributed by atoms with Crippen LogP contribution in [0.3, 0.4) is 0 Å². The number of nitrogens with zero attached hydrogens (tertiary/aromatic N) is 2. The van der Waals surface area contributed by atoms with Crippen molar-refractivity contribution in [3.8, 4) is 5.75 Å².